The number of fused-ring (bicyclic) bond motifs is 1. The highest BCUT2D eigenvalue weighted by molar-refractivity contribution is 5.75. The van der Waals surface area contributed by atoms with Crippen LogP contribution in [-0.2, 0) is 19.0 Å². The van der Waals surface area contributed by atoms with Gasteiger partial charge in [0.05, 0.1) is 24.7 Å². The lowest BCUT2D eigenvalue weighted by Crippen LogP contribution is -2.59. The van der Waals surface area contributed by atoms with Crippen molar-refractivity contribution < 1.29 is 44.5 Å². The number of hydrogen-bond acceptors (Lipinski definition) is 9. The molecule has 0 spiro atoms. The highest BCUT2D eigenvalue weighted by Gasteiger charge is 2.47. The number of esters is 1. The maximum Gasteiger partial charge on any atom is 0.309 e. The summed E-state index contributed by atoms with van der Waals surface area (Å²) in [5.74, 6) is -1.19. The molecule has 2 aliphatic heterocycles. The Morgan fingerprint density at radius 2 is 1.83 bits per heavy atom. The molecular formula is C21H32O9. The fraction of sp³-hybridized carbons (Fsp3) is 0.762. The average molecular weight is 428 g/mol. The van der Waals surface area contributed by atoms with Crippen LogP contribution in [0.4, 0.5) is 0 Å². The van der Waals surface area contributed by atoms with E-state index >= 15 is 0 Å². The van der Waals surface area contributed by atoms with Gasteiger partial charge >= 0.3 is 5.97 Å². The summed E-state index contributed by atoms with van der Waals surface area (Å²) in [6.45, 7) is 4.87. The van der Waals surface area contributed by atoms with Crippen LogP contribution in [0.1, 0.15) is 33.6 Å². The van der Waals surface area contributed by atoms with Crippen LogP contribution in [0.5, 0.6) is 0 Å². The molecule has 5 N–H and O–H groups in total. The molecular weight excluding hydrogens is 396 g/mol. The predicted octanol–water partition coefficient (Wildman–Crippen LogP) is -0.603. The molecule has 170 valence electrons. The first-order valence-electron chi connectivity index (χ1n) is 10.3. The van der Waals surface area contributed by atoms with Crippen molar-refractivity contribution in [3.8, 4) is 0 Å². The van der Waals surface area contributed by atoms with Gasteiger partial charge in [-0.25, -0.2) is 0 Å². The van der Waals surface area contributed by atoms with E-state index in [0.717, 1.165) is 5.57 Å². The topological polar surface area (TPSA) is 146 Å². The molecule has 9 heteroatoms. The van der Waals surface area contributed by atoms with Crippen LogP contribution in [0.25, 0.3) is 0 Å². The highest BCUT2D eigenvalue weighted by Crippen LogP contribution is 2.36. The number of rotatable bonds is 3. The molecule has 2 heterocycles. The van der Waals surface area contributed by atoms with Crippen molar-refractivity contribution in [2.45, 2.75) is 82.6 Å². The number of hydrogen-bond donors (Lipinski definition) is 5. The monoisotopic (exact) mass is 428 g/mol. The minimum atomic E-state index is -1.53. The third-order valence-electron chi connectivity index (χ3n) is 6.32. The molecule has 0 bridgehead atoms. The maximum absolute atomic E-state index is 12.1. The van der Waals surface area contributed by atoms with Crippen molar-refractivity contribution in [3.05, 3.63) is 23.3 Å². The van der Waals surface area contributed by atoms with Crippen LogP contribution in [0.2, 0.25) is 0 Å². The molecule has 9 nitrogen and oxygen atoms in total. The molecule has 30 heavy (non-hydrogen) atoms. The quantitative estimate of drug-likeness (QED) is 0.294. The lowest BCUT2D eigenvalue weighted by atomic mass is 9.82. The van der Waals surface area contributed by atoms with Crippen LogP contribution in [-0.4, -0.2) is 87.1 Å². The van der Waals surface area contributed by atoms with E-state index < -0.39 is 61.5 Å². The summed E-state index contributed by atoms with van der Waals surface area (Å²) in [6, 6.07) is 0. The lowest BCUT2D eigenvalue weighted by Gasteiger charge is -2.41. The summed E-state index contributed by atoms with van der Waals surface area (Å²) in [7, 11) is 0. The number of aliphatic hydroxyl groups is 5. The largest absolute Gasteiger partial charge is 0.457 e. The summed E-state index contributed by atoms with van der Waals surface area (Å²) >= 11 is 0. The van der Waals surface area contributed by atoms with Crippen LogP contribution < -0.4 is 0 Å². The highest BCUT2D eigenvalue weighted by atomic mass is 16.7. The molecule has 0 unspecified atom stereocenters. The van der Waals surface area contributed by atoms with Gasteiger partial charge in [0.2, 0.25) is 0 Å². The SMILES string of the molecule is C/C1=C\C[C@H](O[C@@H]2O[C@H](CO)[C@@H](O)[C@H](O)[C@H]2O)/C(C)=C/[C@H]2OC(=O)[C@H](C)[C@@H]2[C@@H](O)C1. The summed E-state index contributed by atoms with van der Waals surface area (Å²) in [4.78, 5) is 12.1. The van der Waals surface area contributed by atoms with Crippen LogP contribution >= 0.6 is 0 Å². The summed E-state index contributed by atoms with van der Waals surface area (Å²) in [5.41, 5.74) is 1.63. The van der Waals surface area contributed by atoms with Crippen molar-refractivity contribution >= 4 is 5.97 Å². The Labute approximate surface area is 175 Å². The Kier molecular flexibility index (Phi) is 7.34. The standard InChI is InChI=1S/C21H32O9/c1-9-4-5-13(29-21-19(26)18(25)17(24)15(8-22)30-21)10(2)7-14-16(12(23)6-9)11(3)20(27)28-14/h4,7,11-19,21-26H,5-6,8H2,1-3H3/b9-4+,10-7+/t11-,12+,13+,14-,15-,16-,17-,18+,19-,21-/m1/s1. The smallest absolute Gasteiger partial charge is 0.309 e. The van der Waals surface area contributed by atoms with E-state index in [1.807, 2.05) is 13.0 Å². The minimum absolute atomic E-state index is 0.361. The van der Waals surface area contributed by atoms with Gasteiger partial charge in [0, 0.05) is 5.92 Å². The zero-order valence-electron chi connectivity index (χ0n) is 17.4. The summed E-state index contributed by atoms with van der Waals surface area (Å²) in [6.07, 6.45) is -4.28. The van der Waals surface area contributed by atoms with Gasteiger partial charge in [0.25, 0.3) is 0 Å². The Hall–Kier alpha value is -1.33. The van der Waals surface area contributed by atoms with Crippen molar-refractivity contribution in [2.24, 2.45) is 11.8 Å². The van der Waals surface area contributed by atoms with Gasteiger partial charge in [0.1, 0.15) is 30.5 Å². The molecule has 10 atom stereocenters. The first kappa shape index (κ1) is 23.3. The number of ether oxygens (including phenoxy) is 3. The summed E-state index contributed by atoms with van der Waals surface area (Å²) in [5, 5.41) is 50.3. The zero-order valence-corrected chi connectivity index (χ0v) is 17.4. The first-order valence-corrected chi connectivity index (χ1v) is 10.3. The third-order valence-corrected chi connectivity index (χ3v) is 6.32. The Morgan fingerprint density at radius 3 is 2.50 bits per heavy atom. The Bertz CT molecular complexity index is 688. The van der Waals surface area contributed by atoms with E-state index in [0.29, 0.717) is 18.4 Å². The molecule has 2 saturated heterocycles. The van der Waals surface area contributed by atoms with Crippen molar-refractivity contribution in [1.29, 1.82) is 0 Å². The Morgan fingerprint density at radius 1 is 1.13 bits per heavy atom. The van der Waals surface area contributed by atoms with Gasteiger partial charge in [-0.3, -0.25) is 4.79 Å². The lowest BCUT2D eigenvalue weighted by molar-refractivity contribution is -0.308. The van der Waals surface area contributed by atoms with Gasteiger partial charge in [-0.2, -0.15) is 0 Å². The fourth-order valence-electron chi connectivity index (χ4n) is 4.37. The first-order chi connectivity index (χ1) is 14.1. The van der Waals surface area contributed by atoms with E-state index in [-0.39, 0.29) is 11.9 Å². The second kappa shape index (κ2) is 9.44. The van der Waals surface area contributed by atoms with E-state index in [1.165, 1.54) is 0 Å². The van der Waals surface area contributed by atoms with Crippen molar-refractivity contribution in [3.63, 3.8) is 0 Å². The van der Waals surface area contributed by atoms with Crippen molar-refractivity contribution in [2.75, 3.05) is 6.61 Å². The molecule has 3 aliphatic rings. The zero-order chi connectivity index (χ0) is 22.2. The van der Waals surface area contributed by atoms with E-state index in [2.05, 4.69) is 0 Å². The fourth-order valence-corrected chi connectivity index (χ4v) is 4.37. The predicted molar refractivity (Wildman–Crippen MR) is 104 cm³/mol. The van der Waals surface area contributed by atoms with Crippen molar-refractivity contribution in [1.82, 2.24) is 0 Å². The molecule has 1 aliphatic carbocycles. The van der Waals surface area contributed by atoms with E-state index in [4.69, 9.17) is 14.2 Å². The molecule has 0 saturated carbocycles. The van der Waals surface area contributed by atoms with Gasteiger partial charge in [-0.05, 0) is 38.3 Å². The Balaban J connectivity index is 1.85. The van der Waals surface area contributed by atoms with Crippen LogP contribution in [0.3, 0.4) is 0 Å². The summed E-state index contributed by atoms with van der Waals surface area (Å²) < 4.78 is 16.9. The molecule has 2 fully saturated rings. The number of carbonyl (C=O) groups excluding carboxylic acids is 1. The van der Waals surface area contributed by atoms with Gasteiger partial charge < -0.3 is 39.7 Å². The second-order valence-electron chi connectivity index (χ2n) is 8.56. The second-order valence-corrected chi connectivity index (χ2v) is 8.56. The van der Waals surface area contributed by atoms with Gasteiger partial charge in [-0.15, -0.1) is 0 Å². The average Bonchev–Trinajstić information content (AvgIpc) is 2.97. The molecule has 0 amide bonds. The van der Waals surface area contributed by atoms with E-state index in [9.17, 15) is 30.3 Å². The molecule has 3 rings (SSSR count). The normalized spacial score (nSPS) is 48.7. The van der Waals surface area contributed by atoms with Crippen LogP contribution in [0, 0.1) is 11.8 Å². The molecule has 0 aromatic heterocycles. The van der Waals surface area contributed by atoms with Gasteiger partial charge in [-0.1, -0.05) is 18.6 Å². The third kappa shape index (κ3) is 4.62. The van der Waals surface area contributed by atoms with E-state index in [1.54, 1.807) is 19.9 Å². The maximum atomic E-state index is 12.1. The number of carbonyl (C=O) groups is 1. The minimum Gasteiger partial charge on any atom is -0.457 e. The van der Waals surface area contributed by atoms with Crippen LogP contribution in [0.15, 0.2) is 23.3 Å². The number of aliphatic hydroxyl groups excluding tert-OH is 5. The molecule has 0 aromatic carbocycles. The molecule has 0 aromatic rings. The van der Waals surface area contributed by atoms with Gasteiger partial charge in [0.15, 0.2) is 6.29 Å². The molecule has 0 radical (unpaired) electrons.